The summed E-state index contributed by atoms with van der Waals surface area (Å²) in [6.07, 6.45) is 2.86. The van der Waals surface area contributed by atoms with E-state index in [0.29, 0.717) is 12.6 Å². The van der Waals surface area contributed by atoms with Gasteiger partial charge in [-0.2, -0.15) is 0 Å². The monoisotopic (exact) mass is 384 g/mol. The molecule has 2 saturated heterocycles. The fourth-order valence-electron chi connectivity index (χ4n) is 4.22. The highest BCUT2D eigenvalue weighted by molar-refractivity contribution is 5.68. The normalized spacial score (nSPS) is 23.2. The number of nitrogens with one attached hydrogen (secondary N) is 1. The van der Waals surface area contributed by atoms with Crippen LogP contribution >= 0.6 is 0 Å². The summed E-state index contributed by atoms with van der Waals surface area (Å²) in [4.78, 5) is 16.5. The number of hydrogen-bond donors (Lipinski definition) is 2. The number of aryl methyl sites for hydroxylation is 1. The van der Waals surface area contributed by atoms with E-state index in [4.69, 9.17) is 10.5 Å². The topological polar surface area (TPSA) is 70.8 Å². The van der Waals surface area contributed by atoms with E-state index in [2.05, 4.69) is 48.0 Å². The SMILES string of the molecule is CC#CCOC(=O)N1CCC(C)(N2CCC(Nc3ccc(C)cc3N)CC2)C1. The van der Waals surface area contributed by atoms with Gasteiger partial charge in [-0.15, -0.1) is 5.92 Å². The molecule has 2 fully saturated rings. The molecule has 3 N–H and O–H groups in total. The smallest absolute Gasteiger partial charge is 0.410 e. The highest BCUT2D eigenvalue weighted by Gasteiger charge is 2.42. The summed E-state index contributed by atoms with van der Waals surface area (Å²) in [5.74, 6) is 5.51. The Balaban J connectivity index is 1.50. The van der Waals surface area contributed by atoms with Gasteiger partial charge in [0.05, 0.1) is 11.4 Å². The number of likely N-dealkylation sites (tertiary alicyclic amines) is 2. The van der Waals surface area contributed by atoms with Crippen LogP contribution in [0.2, 0.25) is 0 Å². The summed E-state index contributed by atoms with van der Waals surface area (Å²) in [6, 6.07) is 6.60. The number of nitrogens with two attached hydrogens (primary N) is 1. The third kappa shape index (κ3) is 4.71. The summed E-state index contributed by atoms with van der Waals surface area (Å²) >= 11 is 0. The largest absolute Gasteiger partial charge is 0.436 e. The van der Waals surface area contributed by atoms with Gasteiger partial charge < -0.3 is 20.7 Å². The zero-order valence-corrected chi connectivity index (χ0v) is 17.3. The minimum atomic E-state index is -0.252. The predicted molar refractivity (Wildman–Crippen MR) is 113 cm³/mol. The van der Waals surface area contributed by atoms with Crippen molar-refractivity contribution in [3.05, 3.63) is 23.8 Å². The second kappa shape index (κ2) is 8.74. The van der Waals surface area contributed by atoms with Crippen molar-refractivity contribution in [3.63, 3.8) is 0 Å². The maximum absolute atomic E-state index is 12.2. The van der Waals surface area contributed by atoms with Gasteiger partial charge in [0, 0.05) is 37.8 Å². The second-order valence-electron chi connectivity index (χ2n) is 8.15. The van der Waals surface area contributed by atoms with Crippen LogP contribution in [-0.2, 0) is 4.74 Å². The van der Waals surface area contributed by atoms with Crippen molar-refractivity contribution in [1.29, 1.82) is 0 Å². The van der Waals surface area contributed by atoms with Crippen LogP contribution in [0.3, 0.4) is 0 Å². The molecule has 2 heterocycles. The molecule has 1 atom stereocenters. The molecule has 2 aliphatic heterocycles. The Morgan fingerprint density at radius 2 is 2.11 bits per heavy atom. The summed E-state index contributed by atoms with van der Waals surface area (Å²) in [6.45, 7) is 9.72. The molecule has 0 radical (unpaired) electrons. The molecule has 6 heteroatoms. The van der Waals surface area contributed by atoms with E-state index < -0.39 is 0 Å². The van der Waals surface area contributed by atoms with Gasteiger partial charge in [-0.1, -0.05) is 12.0 Å². The van der Waals surface area contributed by atoms with Crippen molar-refractivity contribution in [2.24, 2.45) is 0 Å². The Morgan fingerprint density at radius 3 is 2.79 bits per heavy atom. The number of carbonyl (C=O) groups excluding carboxylic acids is 1. The van der Waals surface area contributed by atoms with E-state index in [0.717, 1.165) is 50.3 Å². The second-order valence-corrected chi connectivity index (χ2v) is 8.15. The highest BCUT2D eigenvalue weighted by Crippen LogP contribution is 2.32. The average Bonchev–Trinajstić information content (AvgIpc) is 3.08. The van der Waals surface area contributed by atoms with Crippen molar-refractivity contribution in [1.82, 2.24) is 9.80 Å². The number of benzene rings is 1. The Bertz CT molecular complexity index is 762. The summed E-state index contributed by atoms with van der Waals surface area (Å²) in [7, 11) is 0. The van der Waals surface area contributed by atoms with Gasteiger partial charge in [0.25, 0.3) is 0 Å². The lowest BCUT2D eigenvalue weighted by Crippen LogP contribution is -2.53. The average molecular weight is 385 g/mol. The third-order valence-corrected chi connectivity index (χ3v) is 5.98. The number of rotatable bonds is 4. The van der Waals surface area contributed by atoms with Crippen molar-refractivity contribution >= 4 is 17.5 Å². The first-order chi connectivity index (χ1) is 13.4. The minimum Gasteiger partial charge on any atom is -0.436 e. The molecule has 1 amide bonds. The van der Waals surface area contributed by atoms with Crippen LogP contribution in [0.5, 0.6) is 0 Å². The van der Waals surface area contributed by atoms with E-state index in [-0.39, 0.29) is 18.2 Å². The predicted octanol–water partition coefficient (Wildman–Crippen LogP) is 3.08. The molecule has 28 heavy (non-hydrogen) atoms. The molecule has 1 aromatic rings. The van der Waals surface area contributed by atoms with Crippen LogP contribution in [0, 0.1) is 18.8 Å². The van der Waals surface area contributed by atoms with E-state index in [1.807, 2.05) is 11.0 Å². The summed E-state index contributed by atoms with van der Waals surface area (Å²) < 4.78 is 5.22. The zero-order chi connectivity index (χ0) is 20.1. The fourth-order valence-corrected chi connectivity index (χ4v) is 4.22. The Morgan fingerprint density at radius 1 is 1.36 bits per heavy atom. The Kier molecular flexibility index (Phi) is 6.35. The first-order valence-corrected chi connectivity index (χ1v) is 10.1. The van der Waals surface area contributed by atoms with Gasteiger partial charge >= 0.3 is 6.09 Å². The number of piperidine rings is 1. The number of hydrogen-bond acceptors (Lipinski definition) is 5. The Hall–Kier alpha value is -2.39. The number of carbonyl (C=O) groups is 1. The Labute approximate surface area is 168 Å². The molecule has 0 spiro atoms. The molecular formula is C22H32N4O2. The van der Waals surface area contributed by atoms with E-state index in [1.165, 1.54) is 5.56 Å². The van der Waals surface area contributed by atoms with Gasteiger partial charge in [-0.05, 0) is 57.7 Å². The highest BCUT2D eigenvalue weighted by atomic mass is 16.6. The molecule has 1 unspecified atom stereocenters. The lowest BCUT2D eigenvalue weighted by atomic mass is 9.93. The van der Waals surface area contributed by atoms with Crippen molar-refractivity contribution in [3.8, 4) is 11.8 Å². The molecule has 0 aromatic heterocycles. The van der Waals surface area contributed by atoms with E-state index in [1.54, 1.807) is 6.92 Å². The lowest BCUT2D eigenvalue weighted by Gasteiger charge is -2.43. The first-order valence-electron chi connectivity index (χ1n) is 10.1. The lowest BCUT2D eigenvalue weighted by molar-refractivity contribution is 0.0755. The number of amides is 1. The van der Waals surface area contributed by atoms with E-state index >= 15 is 0 Å². The molecular weight excluding hydrogens is 352 g/mol. The van der Waals surface area contributed by atoms with Gasteiger partial charge in [-0.25, -0.2) is 4.79 Å². The summed E-state index contributed by atoms with van der Waals surface area (Å²) in [5, 5.41) is 3.61. The number of nitrogen functional groups attached to an aromatic ring is 1. The maximum Gasteiger partial charge on any atom is 0.410 e. The van der Waals surface area contributed by atoms with Crippen LogP contribution in [0.25, 0.3) is 0 Å². The third-order valence-electron chi connectivity index (χ3n) is 5.98. The van der Waals surface area contributed by atoms with Crippen molar-refractivity contribution < 1.29 is 9.53 Å². The molecule has 3 rings (SSSR count). The van der Waals surface area contributed by atoms with Gasteiger partial charge in [0.15, 0.2) is 6.61 Å². The van der Waals surface area contributed by atoms with Gasteiger partial charge in [0.2, 0.25) is 0 Å². The molecule has 152 valence electrons. The van der Waals surface area contributed by atoms with Crippen LogP contribution in [0.4, 0.5) is 16.2 Å². The van der Waals surface area contributed by atoms with Crippen LogP contribution < -0.4 is 11.1 Å². The molecule has 6 nitrogen and oxygen atoms in total. The maximum atomic E-state index is 12.2. The number of nitrogens with zero attached hydrogens (tertiary/aromatic N) is 2. The molecule has 0 bridgehead atoms. The standard InChI is InChI=1S/C22H32N4O2/c1-4-5-14-28-21(27)25-13-10-22(3,16-25)26-11-8-18(9-12-26)24-20-7-6-17(2)15-19(20)23/h6-7,15,18,24H,8-14,16,23H2,1-3H3. The van der Waals surface area contributed by atoms with E-state index in [9.17, 15) is 4.79 Å². The molecule has 0 aliphatic carbocycles. The van der Waals surface area contributed by atoms with Crippen LogP contribution in [0.1, 0.15) is 38.7 Å². The minimum absolute atomic E-state index is 0.0172. The zero-order valence-electron chi connectivity index (χ0n) is 17.3. The summed E-state index contributed by atoms with van der Waals surface area (Å²) in [5.41, 5.74) is 9.18. The van der Waals surface area contributed by atoms with Crippen molar-refractivity contribution in [2.75, 3.05) is 43.8 Å². The quantitative estimate of drug-likeness (QED) is 0.617. The van der Waals surface area contributed by atoms with Crippen molar-refractivity contribution in [2.45, 2.75) is 51.6 Å². The molecule has 1 aromatic carbocycles. The molecule has 2 aliphatic rings. The van der Waals surface area contributed by atoms with Gasteiger partial charge in [0.1, 0.15) is 0 Å². The van der Waals surface area contributed by atoms with Crippen LogP contribution in [0.15, 0.2) is 18.2 Å². The fraction of sp³-hybridized carbons (Fsp3) is 0.591. The molecule has 0 saturated carbocycles. The van der Waals surface area contributed by atoms with Crippen LogP contribution in [-0.4, -0.2) is 60.3 Å². The van der Waals surface area contributed by atoms with Gasteiger partial charge in [-0.3, -0.25) is 4.90 Å². The number of ether oxygens (including phenoxy) is 1. The number of anilines is 2. The first kappa shape index (κ1) is 20.3.